The number of pyridine rings is 2. The Morgan fingerprint density at radius 1 is 0.893 bits per heavy atom. The van der Waals surface area contributed by atoms with Crippen LogP contribution in [0.25, 0.3) is 22.4 Å². The van der Waals surface area contributed by atoms with E-state index in [0.29, 0.717) is 16.8 Å². The van der Waals surface area contributed by atoms with Crippen LogP contribution in [-0.4, -0.2) is 31.9 Å². The van der Waals surface area contributed by atoms with Gasteiger partial charge >= 0.3 is 0 Å². The molecule has 28 heavy (non-hydrogen) atoms. The van der Waals surface area contributed by atoms with Gasteiger partial charge in [-0.05, 0) is 45.0 Å². The number of piperidine rings is 1. The molecule has 7 heteroatoms. The summed E-state index contributed by atoms with van der Waals surface area (Å²) < 4.78 is 32.7. The van der Waals surface area contributed by atoms with Crippen molar-refractivity contribution >= 4 is 11.3 Å². The molecule has 0 unspecified atom stereocenters. The van der Waals surface area contributed by atoms with Crippen molar-refractivity contribution in [3.8, 4) is 11.1 Å². The Bertz CT molecular complexity index is 1200. The Balaban J connectivity index is 1.63. The van der Waals surface area contributed by atoms with Crippen LogP contribution in [0.5, 0.6) is 0 Å². The van der Waals surface area contributed by atoms with Crippen molar-refractivity contribution in [2.75, 3.05) is 13.1 Å². The fraction of sp³-hybridized carbons (Fsp3) is 0.333. The molecule has 1 saturated heterocycles. The molecule has 4 aromatic rings. The lowest BCUT2D eigenvalue weighted by atomic mass is 9.78. The number of fused-ring (bicyclic) bond motifs is 2. The summed E-state index contributed by atoms with van der Waals surface area (Å²) in [7, 11) is 0. The maximum Gasteiger partial charge on any atom is 0.173 e. The molecule has 5 rings (SSSR count). The second kappa shape index (κ2) is 6.10. The van der Waals surface area contributed by atoms with E-state index in [0.717, 1.165) is 37.3 Å². The Morgan fingerprint density at radius 2 is 1.46 bits per heavy atom. The molecule has 0 aliphatic carbocycles. The second-order valence-electron chi connectivity index (χ2n) is 7.93. The van der Waals surface area contributed by atoms with Crippen LogP contribution in [0, 0.1) is 18.6 Å². The van der Waals surface area contributed by atoms with Gasteiger partial charge in [0.05, 0.1) is 11.4 Å². The first-order valence-corrected chi connectivity index (χ1v) is 9.48. The summed E-state index contributed by atoms with van der Waals surface area (Å²) in [5.74, 6) is -0.844. The van der Waals surface area contributed by atoms with Gasteiger partial charge in [0.15, 0.2) is 22.9 Å². The summed E-state index contributed by atoms with van der Waals surface area (Å²) in [6.07, 6.45) is 9.17. The Hall–Kier alpha value is -2.80. The van der Waals surface area contributed by atoms with E-state index in [1.807, 2.05) is 19.3 Å². The predicted octanol–water partition coefficient (Wildman–Crippen LogP) is 3.88. The summed E-state index contributed by atoms with van der Waals surface area (Å²) >= 11 is 0. The zero-order valence-electron chi connectivity index (χ0n) is 15.8. The average molecular weight is 381 g/mol. The molecule has 0 bridgehead atoms. The van der Waals surface area contributed by atoms with Crippen LogP contribution in [0.1, 0.15) is 31.2 Å². The topological polar surface area (TPSA) is 46.6 Å². The molecule has 0 saturated carbocycles. The van der Waals surface area contributed by atoms with Crippen LogP contribution in [0.3, 0.4) is 0 Å². The molecule has 0 radical (unpaired) electrons. The smallest absolute Gasteiger partial charge is 0.173 e. The van der Waals surface area contributed by atoms with E-state index in [2.05, 4.69) is 22.2 Å². The predicted molar refractivity (Wildman–Crippen MR) is 103 cm³/mol. The summed E-state index contributed by atoms with van der Waals surface area (Å²) in [5.41, 5.74) is 3.32. The van der Waals surface area contributed by atoms with E-state index in [1.54, 1.807) is 21.2 Å². The van der Waals surface area contributed by atoms with Gasteiger partial charge in [-0.15, -0.1) is 0 Å². The van der Waals surface area contributed by atoms with Gasteiger partial charge in [-0.25, -0.2) is 18.7 Å². The number of aromatic nitrogens is 4. The fourth-order valence-electron chi connectivity index (χ4n) is 4.08. The first-order valence-electron chi connectivity index (χ1n) is 9.48. The van der Waals surface area contributed by atoms with E-state index in [9.17, 15) is 8.78 Å². The van der Waals surface area contributed by atoms with E-state index in [1.165, 1.54) is 12.1 Å². The van der Waals surface area contributed by atoms with Crippen molar-refractivity contribution in [2.45, 2.75) is 32.1 Å². The maximum atomic E-state index is 14.8. The molecule has 0 spiro atoms. The minimum Gasteiger partial charge on any atom is -0.317 e. The minimum absolute atomic E-state index is 0.0662. The Morgan fingerprint density at radius 3 is 2.11 bits per heavy atom. The van der Waals surface area contributed by atoms with Crippen LogP contribution >= 0.6 is 0 Å². The Labute approximate surface area is 161 Å². The maximum absolute atomic E-state index is 14.8. The number of imidazole rings is 2. The number of nitrogens with one attached hydrogen (secondary N) is 1. The van der Waals surface area contributed by atoms with Crippen molar-refractivity contribution in [3.63, 3.8) is 0 Å². The Kier molecular flexibility index (Phi) is 3.77. The van der Waals surface area contributed by atoms with Crippen molar-refractivity contribution in [1.29, 1.82) is 0 Å². The first kappa shape index (κ1) is 17.3. The highest BCUT2D eigenvalue weighted by Crippen LogP contribution is 2.33. The van der Waals surface area contributed by atoms with Crippen LogP contribution in [-0.2, 0) is 5.41 Å². The van der Waals surface area contributed by atoms with E-state index in [-0.39, 0.29) is 11.1 Å². The summed E-state index contributed by atoms with van der Waals surface area (Å²) in [5, 5.41) is 3.36. The summed E-state index contributed by atoms with van der Waals surface area (Å²) in [6, 6.07) is 2.82. The number of hydrogen-bond donors (Lipinski definition) is 1. The first-order chi connectivity index (χ1) is 13.4. The highest BCUT2D eigenvalue weighted by atomic mass is 19.1. The summed E-state index contributed by atoms with van der Waals surface area (Å²) in [6.45, 7) is 5.86. The molecule has 4 aromatic heterocycles. The van der Waals surface area contributed by atoms with E-state index >= 15 is 0 Å². The van der Waals surface area contributed by atoms with Crippen LogP contribution in [0.4, 0.5) is 8.78 Å². The molecular weight excluding hydrogens is 360 g/mol. The zero-order chi connectivity index (χ0) is 19.5. The van der Waals surface area contributed by atoms with Gasteiger partial charge in [-0.1, -0.05) is 6.92 Å². The van der Waals surface area contributed by atoms with Gasteiger partial charge in [0.2, 0.25) is 0 Å². The van der Waals surface area contributed by atoms with Gasteiger partial charge in [0.25, 0.3) is 0 Å². The number of hydrogen-bond acceptors (Lipinski definition) is 3. The van der Waals surface area contributed by atoms with E-state index in [4.69, 9.17) is 0 Å². The third-order valence-corrected chi connectivity index (χ3v) is 5.79. The van der Waals surface area contributed by atoms with Crippen LogP contribution in [0.2, 0.25) is 0 Å². The normalized spacial score (nSPS) is 16.9. The molecule has 1 N–H and O–H groups in total. The van der Waals surface area contributed by atoms with Gasteiger partial charge in [-0.3, -0.25) is 0 Å². The molecule has 1 aliphatic heterocycles. The second-order valence-corrected chi connectivity index (χ2v) is 7.93. The lowest BCUT2D eigenvalue weighted by Crippen LogP contribution is -2.37. The minimum atomic E-state index is -0.431. The molecule has 144 valence electrons. The van der Waals surface area contributed by atoms with Crippen molar-refractivity contribution < 1.29 is 8.78 Å². The van der Waals surface area contributed by atoms with Crippen LogP contribution < -0.4 is 5.32 Å². The van der Waals surface area contributed by atoms with Gasteiger partial charge in [-0.2, -0.15) is 0 Å². The highest BCUT2D eigenvalue weighted by Gasteiger charge is 2.31. The third kappa shape index (κ3) is 2.69. The van der Waals surface area contributed by atoms with E-state index < -0.39 is 11.6 Å². The molecule has 0 aromatic carbocycles. The van der Waals surface area contributed by atoms with Crippen molar-refractivity contribution in [1.82, 2.24) is 24.1 Å². The lowest BCUT2D eigenvalue weighted by Gasteiger charge is -2.32. The van der Waals surface area contributed by atoms with Gasteiger partial charge in [0.1, 0.15) is 0 Å². The molecule has 0 amide bonds. The highest BCUT2D eigenvalue weighted by molar-refractivity contribution is 5.66. The molecule has 5 heterocycles. The molecule has 5 nitrogen and oxygen atoms in total. The molecule has 0 atom stereocenters. The van der Waals surface area contributed by atoms with Crippen molar-refractivity contribution in [2.24, 2.45) is 0 Å². The monoisotopic (exact) mass is 381 g/mol. The fourth-order valence-corrected chi connectivity index (χ4v) is 4.08. The SMILES string of the molecule is Cc1cn2cc(-c3cc(F)c4nc(C5(C)CCNCC5)cn4c3)cc(F)c2n1. The van der Waals surface area contributed by atoms with Crippen molar-refractivity contribution in [3.05, 3.63) is 59.9 Å². The van der Waals surface area contributed by atoms with Crippen LogP contribution in [0.15, 0.2) is 36.9 Å². The average Bonchev–Trinajstić information content (AvgIpc) is 3.26. The third-order valence-electron chi connectivity index (χ3n) is 5.79. The zero-order valence-corrected chi connectivity index (χ0v) is 15.8. The van der Waals surface area contributed by atoms with Gasteiger partial charge in [0, 0.05) is 41.3 Å². The number of nitrogens with zero attached hydrogens (tertiary/aromatic N) is 4. The van der Waals surface area contributed by atoms with Gasteiger partial charge < -0.3 is 14.1 Å². The summed E-state index contributed by atoms with van der Waals surface area (Å²) in [4.78, 5) is 8.76. The standard InChI is InChI=1S/C21H21F2N5/c1-13-9-27-10-14(7-16(22)19(27)25-13)15-8-17(23)20-26-18(12-28(20)11-15)21(2)3-5-24-6-4-21/h7-12,24H,3-6H2,1-2H3. The molecular formula is C21H21F2N5. The number of rotatable bonds is 2. The largest absolute Gasteiger partial charge is 0.317 e. The number of aryl methyl sites for hydroxylation is 1. The molecule has 1 fully saturated rings. The lowest BCUT2D eigenvalue weighted by molar-refractivity contribution is 0.328. The quantitative estimate of drug-likeness (QED) is 0.573. The number of halogens is 2. The molecule has 1 aliphatic rings.